The maximum atomic E-state index is 5.14. The summed E-state index contributed by atoms with van der Waals surface area (Å²) in [5, 5.41) is 4.27. The van der Waals surface area contributed by atoms with E-state index in [0.717, 1.165) is 28.8 Å². The van der Waals surface area contributed by atoms with Gasteiger partial charge >= 0.3 is 0 Å². The van der Waals surface area contributed by atoms with E-state index < -0.39 is 0 Å². The monoisotopic (exact) mass is 316 g/mol. The van der Waals surface area contributed by atoms with Crippen molar-refractivity contribution in [2.75, 3.05) is 5.32 Å². The van der Waals surface area contributed by atoms with Crippen LogP contribution in [0.1, 0.15) is 16.7 Å². The van der Waals surface area contributed by atoms with E-state index in [4.69, 9.17) is 4.42 Å². The lowest BCUT2D eigenvalue weighted by atomic mass is 10.0. The lowest BCUT2D eigenvalue weighted by Crippen LogP contribution is -1.98. The summed E-state index contributed by atoms with van der Waals surface area (Å²) in [5.74, 6) is 0.759. The maximum absolute atomic E-state index is 5.14. The van der Waals surface area contributed by atoms with Gasteiger partial charge in [0.1, 0.15) is 12.1 Å². The maximum Gasteiger partial charge on any atom is 0.143 e. The molecule has 0 atom stereocenters. The number of aryl methyl sites for hydroxylation is 1. The fourth-order valence-corrected chi connectivity index (χ4v) is 2.72. The standard InChI is InChI=1S/C19H16N4O/c1-13-8-16(3-2-15(13)9-14-5-7-24-11-14)23-19-17-10-20-6-4-18(17)21-12-22-19/h2-8,10-12H,9H2,1H3,(H,21,22,23). The number of anilines is 2. The fraction of sp³-hybridized carbons (Fsp3) is 0.105. The Hall–Kier alpha value is -3.21. The minimum atomic E-state index is 0.759. The van der Waals surface area contributed by atoms with Crippen LogP contribution in [0.3, 0.4) is 0 Å². The van der Waals surface area contributed by atoms with Crippen LogP contribution in [0.2, 0.25) is 0 Å². The van der Waals surface area contributed by atoms with Crippen LogP contribution in [-0.4, -0.2) is 15.0 Å². The van der Waals surface area contributed by atoms with Crippen LogP contribution in [0.25, 0.3) is 10.9 Å². The lowest BCUT2D eigenvalue weighted by Gasteiger charge is -2.11. The highest BCUT2D eigenvalue weighted by atomic mass is 16.3. The molecule has 118 valence electrons. The van der Waals surface area contributed by atoms with E-state index in [1.165, 1.54) is 16.7 Å². The van der Waals surface area contributed by atoms with Gasteiger partial charge in [0.2, 0.25) is 0 Å². The van der Waals surface area contributed by atoms with Gasteiger partial charge in [-0.05, 0) is 47.9 Å². The number of hydrogen-bond acceptors (Lipinski definition) is 5. The normalized spacial score (nSPS) is 10.9. The molecule has 24 heavy (non-hydrogen) atoms. The van der Waals surface area contributed by atoms with Crippen molar-refractivity contribution >= 4 is 22.4 Å². The summed E-state index contributed by atoms with van der Waals surface area (Å²) in [5.41, 5.74) is 5.53. The zero-order chi connectivity index (χ0) is 16.4. The van der Waals surface area contributed by atoms with E-state index in [0.29, 0.717) is 0 Å². The smallest absolute Gasteiger partial charge is 0.143 e. The molecule has 5 nitrogen and oxygen atoms in total. The third-order valence-electron chi connectivity index (χ3n) is 4.02. The Morgan fingerprint density at radius 3 is 2.92 bits per heavy atom. The van der Waals surface area contributed by atoms with E-state index in [9.17, 15) is 0 Å². The van der Waals surface area contributed by atoms with Gasteiger partial charge in [-0.25, -0.2) is 9.97 Å². The Balaban J connectivity index is 1.62. The molecule has 3 aromatic heterocycles. The van der Waals surface area contributed by atoms with Gasteiger partial charge in [-0.15, -0.1) is 0 Å². The molecule has 0 fully saturated rings. The number of nitrogens with zero attached hydrogens (tertiary/aromatic N) is 3. The minimum absolute atomic E-state index is 0.759. The zero-order valence-electron chi connectivity index (χ0n) is 13.2. The summed E-state index contributed by atoms with van der Waals surface area (Å²) in [6.07, 6.45) is 9.42. The van der Waals surface area contributed by atoms with Crippen LogP contribution >= 0.6 is 0 Å². The molecule has 0 radical (unpaired) electrons. The summed E-state index contributed by atoms with van der Waals surface area (Å²) >= 11 is 0. The first kappa shape index (κ1) is 14.4. The van der Waals surface area contributed by atoms with Crippen LogP contribution < -0.4 is 5.32 Å². The highest BCUT2D eigenvalue weighted by Crippen LogP contribution is 2.24. The second-order valence-corrected chi connectivity index (χ2v) is 5.69. The third-order valence-corrected chi connectivity index (χ3v) is 4.02. The number of hydrogen-bond donors (Lipinski definition) is 1. The highest BCUT2D eigenvalue weighted by Gasteiger charge is 2.06. The molecule has 0 aliphatic heterocycles. The largest absolute Gasteiger partial charge is 0.472 e. The number of benzene rings is 1. The number of aromatic nitrogens is 3. The summed E-state index contributed by atoms with van der Waals surface area (Å²) < 4.78 is 5.14. The molecule has 5 heteroatoms. The van der Waals surface area contributed by atoms with E-state index in [1.807, 2.05) is 12.1 Å². The molecule has 1 aromatic carbocycles. The van der Waals surface area contributed by atoms with Crippen molar-refractivity contribution in [3.63, 3.8) is 0 Å². The molecular formula is C19H16N4O. The van der Waals surface area contributed by atoms with Gasteiger partial charge < -0.3 is 9.73 Å². The van der Waals surface area contributed by atoms with Crippen LogP contribution in [0.15, 0.2) is 66.0 Å². The molecule has 4 rings (SSSR count). The predicted molar refractivity (Wildman–Crippen MR) is 93.3 cm³/mol. The number of furan rings is 1. The third kappa shape index (κ3) is 2.84. The van der Waals surface area contributed by atoms with Gasteiger partial charge in [0.25, 0.3) is 0 Å². The van der Waals surface area contributed by atoms with Crippen molar-refractivity contribution in [1.82, 2.24) is 15.0 Å². The molecule has 0 aliphatic carbocycles. The molecule has 0 spiro atoms. The van der Waals surface area contributed by atoms with E-state index in [-0.39, 0.29) is 0 Å². The SMILES string of the molecule is Cc1cc(Nc2ncnc3ccncc23)ccc1Cc1ccoc1. The van der Waals surface area contributed by atoms with Crippen LogP contribution in [0.4, 0.5) is 11.5 Å². The van der Waals surface area contributed by atoms with Crippen molar-refractivity contribution in [3.05, 3.63) is 78.3 Å². The van der Waals surface area contributed by atoms with Crippen LogP contribution in [0.5, 0.6) is 0 Å². The quantitative estimate of drug-likeness (QED) is 0.609. The average molecular weight is 316 g/mol. The number of fused-ring (bicyclic) bond motifs is 1. The van der Waals surface area contributed by atoms with Crippen molar-refractivity contribution in [2.45, 2.75) is 13.3 Å². The Bertz CT molecular complexity index is 975. The van der Waals surface area contributed by atoms with Crippen molar-refractivity contribution < 1.29 is 4.42 Å². The van der Waals surface area contributed by atoms with E-state index in [2.05, 4.69) is 45.4 Å². The number of nitrogens with one attached hydrogen (secondary N) is 1. The topological polar surface area (TPSA) is 63.8 Å². The second-order valence-electron chi connectivity index (χ2n) is 5.69. The van der Waals surface area contributed by atoms with E-state index >= 15 is 0 Å². The van der Waals surface area contributed by atoms with Gasteiger partial charge in [-0.1, -0.05) is 6.07 Å². The molecular weight excluding hydrogens is 300 g/mol. The predicted octanol–water partition coefficient (Wildman–Crippen LogP) is 4.26. The molecule has 4 aromatic rings. The Labute approximate surface area is 139 Å². The number of pyridine rings is 1. The van der Waals surface area contributed by atoms with Gasteiger partial charge in [0.05, 0.1) is 23.4 Å². The molecule has 0 amide bonds. The molecule has 0 saturated heterocycles. The number of rotatable bonds is 4. The molecule has 0 bridgehead atoms. The molecule has 0 saturated carbocycles. The lowest BCUT2D eigenvalue weighted by molar-refractivity contribution is 0.564. The first-order valence-corrected chi connectivity index (χ1v) is 7.72. The van der Waals surface area contributed by atoms with Gasteiger partial charge in [-0.2, -0.15) is 0 Å². The first-order valence-electron chi connectivity index (χ1n) is 7.72. The van der Waals surface area contributed by atoms with Crippen molar-refractivity contribution in [1.29, 1.82) is 0 Å². The Morgan fingerprint density at radius 1 is 1.12 bits per heavy atom. The fourth-order valence-electron chi connectivity index (χ4n) is 2.72. The summed E-state index contributed by atoms with van der Waals surface area (Å²) in [6.45, 7) is 2.11. The second kappa shape index (κ2) is 6.12. The first-order chi connectivity index (χ1) is 11.8. The highest BCUT2D eigenvalue weighted by molar-refractivity contribution is 5.89. The van der Waals surface area contributed by atoms with Gasteiger partial charge in [-0.3, -0.25) is 4.98 Å². The summed E-state index contributed by atoms with van der Waals surface area (Å²) in [6, 6.07) is 10.2. The summed E-state index contributed by atoms with van der Waals surface area (Å²) in [4.78, 5) is 12.8. The van der Waals surface area contributed by atoms with Crippen LogP contribution in [0, 0.1) is 6.92 Å². The summed E-state index contributed by atoms with van der Waals surface area (Å²) in [7, 11) is 0. The van der Waals surface area contributed by atoms with Crippen molar-refractivity contribution in [3.8, 4) is 0 Å². The zero-order valence-corrected chi connectivity index (χ0v) is 13.2. The van der Waals surface area contributed by atoms with Gasteiger partial charge in [0.15, 0.2) is 0 Å². The Kier molecular flexibility index (Phi) is 3.67. The molecule has 0 aliphatic rings. The average Bonchev–Trinajstić information content (AvgIpc) is 3.11. The van der Waals surface area contributed by atoms with Crippen LogP contribution in [-0.2, 0) is 6.42 Å². The minimum Gasteiger partial charge on any atom is -0.472 e. The Morgan fingerprint density at radius 2 is 2.08 bits per heavy atom. The molecule has 3 heterocycles. The molecule has 1 N–H and O–H groups in total. The van der Waals surface area contributed by atoms with Gasteiger partial charge in [0, 0.05) is 24.5 Å². The molecule has 0 unspecified atom stereocenters. The van der Waals surface area contributed by atoms with E-state index in [1.54, 1.807) is 31.2 Å². The van der Waals surface area contributed by atoms with Crippen molar-refractivity contribution in [2.24, 2.45) is 0 Å².